The van der Waals surface area contributed by atoms with Gasteiger partial charge in [0.05, 0.1) is 0 Å². The van der Waals surface area contributed by atoms with Crippen LogP contribution in [0.3, 0.4) is 0 Å². The maximum absolute atomic E-state index is 11.4. The van der Waals surface area contributed by atoms with E-state index in [2.05, 4.69) is 15.6 Å². The van der Waals surface area contributed by atoms with Crippen molar-refractivity contribution < 1.29 is 14.7 Å². The molecule has 0 bridgehead atoms. The van der Waals surface area contributed by atoms with E-state index in [1.807, 2.05) is 13.0 Å². The van der Waals surface area contributed by atoms with Crippen LogP contribution in [0.15, 0.2) is 18.5 Å². The van der Waals surface area contributed by atoms with Crippen molar-refractivity contribution in [1.82, 2.24) is 15.6 Å². The molecule has 2 amide bonds. The zero-order valence-corrected chi connectivity index (χ0v) is 10.3. The number of carbonyl (C=O) groups is 2. The van der Waals surface area contributed by atoms with Gasteiger partial charge in [0.25, 0.3) is 0 Å². The van der Waals surface area contributed by atoms with Crippen LogP contribution in [-0.2, 0) is 11.3 Å². The number of carboxylic acid groups (broad SMARTS) is 1. The van der Waals surface area contributed by atoms with Crippen LogP contribution in [0.5, 0.6) is 0 Å². The van der Waals surface area contributed by atoms with E-state index in [4.69, 9.17) is 5.11 Å². The van der Waals surface area contributed by atoms with E-state index in [1.54, 1.807) is 12.4 Å². The summed E-state index contributed by atoms with van der Waals surface area (Å²) >= 11 is 0. The number of urea groups is 1. The van der Waals surface area contributed by atoms with Gasteiger partial charge in [0.2, 0.25) is 0 Å². The highest BCUT2D eigenvalue weighted by atomic mass is 16.4. The van der Waals surface area contributed by atoms with Gasteiger partial charge in [0.1, 0.15) is 0 Å². The number of aliphatic carboxylic acids is 1. The van der Waals surface area contributed by atoms with E-state index >= 15 is 0 Å². The molecule has 18 heavy (non-hydrogen) atoms. The second-order valence-electron chi connectivity index (χ2n) is 3.91. The lowest BCUT2D eigenvalue weighted by Gasteiger charge is -2.08. The van der Waals surface area contributed by atoms with E-state index in [0.717, 1.165) is 11.1 Å². The van der Waals surface area contributed by atoms with E-state index < -0.39 is 5.97 Å². The summed E-state index contributed by atoms with van der Waals surface area (Å²) in [4.78, 5) is 25.6. The van der Waals surface area contributed by atoms with Crippen LogP contribution in [0, 0.1) is 6.92 Å². The molecule has 0 saturated heterocycles. The minimum Gasteiger partial charge on any atom is -0.481 e. The monoisotopic (exact) mass is 251 g/mol. The number of rotatable bonds is 6. The van der Waals surface area contributed by atoms with Crippen LogP contribution < -0.4 is 10.6 Å². The highest BCUT2D eigenvalue weighted by molar-refractivity contribution is 5.74. The number of pyridine rings is 1. The van der Waals surface area contributed by atoms with Gasteiger partial charge in [-0.15, -0.1) is 0 Å². The quantitative estimate of drug-likeness (QED) is 0.659. The predicted octanol–water partition coefficient (Wildman–Crippen LogP) is 1.05. The summed E-state index contributed by atoms with van der Waals surface area (Å²) in [5.41, 5.74) is 2.02. The fourth-order valence-electron chi connectivity index (χ4n) is 1.36. The third kappa shape index (κ3) is 5.29. The molecule has 98 valence electrons. The molecular weight excluding hydrogens is 234 g/mol. The van der Waals surface area contributed by atoms with Gasteiger partial charge in [-0.25, -0.2) is 4.79 Å². The van der Waals surface area contributed by atoms with Gasteiger partial charge in [-0.3, -0.25) is 9.78 Å². The average molecular weight is 251 g/mol. The molecule has 1 aromatic heterocycles. The molecule has 0 fully saturated rings. The number of amides is 2. The van der Waals surface area contributed by atoms with Crippen LogP contribution in [0.2, 0.25) is 0 Å². The molecule has 1 rings (SSSR count). The van der Waals surface area contributed by atoms with Crippen LogP contribution >= 0.6 is 0 Å². The first-order chi connectivity index (χ1) is 8.59. The normalized spacial score (nSPS) is 9.83. The van der Waals surface area contributed by atoms with Crippen molar-refractivity contribution in [2.24, 2.45) is 0 Å². The van der Waals surface area contributed by atoms with Crippen LogP contribution in [0.1, 0.15) is 24.0 Å². The van der Waals surface area contributed by atoms with Crippen LogP contribution in [-0.4, -0.2) is 28.6 Å². The van der Waals surface area contributed by atoms with Gasteiger partial charge in [-0.2, -0.15) is 0 Å². The molecule has 6 nitrogen and oxygen atoms in total. The fourth-order valence-corrected chi connectivity index (χ4v) is 1.36. The third-order valence-corrected chi connectivity index (χ3v) is 2.44. The minimum absolute atomic E-state index is 0.0575. The summed E-state index contributed by atoms with van der Waals surface area (Å²) in [5, 5.41) is 13.7. The van der Waals surface area contributed by atoms with E-state index in [9.17, 15) is 9.59 Å². The number of nitrogens with one attached hydrogen (secondary N) is 2. The number of carbonyl (C=O) groups excluding carboxylic acids is 1. The Bertz CT molecular complexity index is 421. The zero-order chi connectivity index (χ0) is 13.4. The van der Waals surface area contributed by atoms with Gasteiger partial charge in [-0.05, 0) is 30.5 Å². The standard InChI is InChI=1S/C12H17N3O3/c1-9-4-6-13-7-10(9)8-15-12(18)14-5-2-3-11(16)17/h4,6-7H,2-3,5,8H2,1H3,(H,16,17)(H2,14,15,18). The second-order valence-corrected chi connectivity index (χ2v) is 3.91. The Kier molecular flexibility index (Phi) is 5.63. The van der Waals surface area contributed by atoms with E-state index in [0.29, 0.717) is 19.5 Å². The average Bonchev–Trinajstić information content (AvgIpc) is 2.33. The number of nitrogens with zero attached hydrogens (tertiary/aromatic N) is 1. The zero-order valence-electron chi connectivity index (χ0n) is 10.3. The molecule has 1 heterocycles. The first-order valence-corrected chi connectivity index (χ1v) is 5.72. The van der Waals surface area contributed by atoms with E-state index in [-0.39, 0.29) is 12.5 Å². The van der Waals surface area contributed by atoms with Crippen molar-refractivity contribution in [2.45, 2.75) is 26.3 Å². The van der Waals surface area contributed by atoms with Gasteiger partial charge < -0.3 is 15.7 Å². The maximum atomic E-state index is 11.4. The summed E-state index contributed by atoms with van der Waals surface area (Å²) in [5.74, 6) is -0.858. The van der Waals surface area contributed by atoms with Crippen molar-refractivity contribution in [3.05, 3.63) is 29.6 Å². The first kappa shape index (κ1) is 14.0. The summed E-state index contributed by atoms with van der Waals surface area (Å²) < 4.78 is 0. The van der Waals surface area contributed by atoms with Crippen LogP contribution in [0.4, 0.5) is 4.79 Å². The fraction of sp³-hybridized carbons (Fsp3) is 0.417. The Hall–Kier alpha value is -2.11. The minimum atomic E-state index is -0.858. The van der Waals surface area contributed by atoms with Gasteiger partial charge >= 0.3 is 12.0 Å². The Morgan fingerprint density at radius 1 is 1.39 bits per heavy atom. The molecule has 0 aliphatic rings. The first-order valence-electron chi connectivity index (χ1n) is 5.72. The molecule has 6 heteroatoms. The predicted molar refractivity (Wildman–Crippen MR) is 66.1 cm³/mol. The van der Waals surface area contributed by atoms with Crippen molar-refractivity contribution in [1.29, 1.82) is 0 Å². The summed E-state index contributed by atoms with van der Waals surface area (Å²) in [6.07, 6.45) is 3.89. The highest BCUT2D eigenvalue weighted by Crippen LogP contribution is 2.03. The molecular formula is C12H17N3O3. The van der Waals surface area contributed by atoms with Crippen molar-refractivity contribution in [2.75, 3.05) is 6.54 Å². The number of hydrogen-bond donors (Lipinski definition) is 3. The van der Waals surface area contributed by atoms with E-state index in [1.165, 1.54) is 0 Å². The SMILES string of the molecule is Cc1ccncc1CNC(=O)NCCCC(=O)O. The second kappa shape index (κ2) is 7.26. The largest absolute Gasteiger partial charge is 0.481 e. The Morgan fingerprint density at radius 2 is 2.17 bits per heavy atom. The third-order valence-electron chi connectivity index (χ3n) is 2.44. The number of hydrogen-bond acceptors (Lipinski definition) is 3. The molecule has 0 saturated carbocycles. The number of aromatic nitrogens is 1. The molecule has 0 aliphatic heterocycles. The Balaban J connectivity index is 2.21. The Morgan fingerprint density at radius 3 is 2.83 bits per heavy atom. The van der Waals surface area contributed by atoms with Crippen molar-refractivity contribution in [3.63, 3.8) is 0 Å². The lowest BCUT2D eigenvalue weighted by Crippen LogP contribution is -2.35. The lowest BCUT2D eigenvalue weighted by atomic mass is 10.2. The summed E-state index contributed by atoms with van der Waals surface area (Å²) in [6, 6.07) is 1.57. The van der Waals surface area contributed by atoms with Crippen molar-refractivity contribution in [3.8, 4) is 0 Å². The Labute approximate surface area is 105 Å². The van der Waals surface area contributed by atoms with Crippen LogP contribution in [0.25, 0.3) is 0 Å². The molecule has 0 unspecified atom stereocenters. The molecule has 0 spiro atoms. The van der Waals surface area contributed by atoms with Crippen molar-refractivity contribution >= 4 is 12.0 Å². The maximum Gasteiger partial charge on any atom is 0.315 e. The van der Waals surface area contributed by atoms with Gasteiger partial charge in [-0.1, -0.05) is 0 Å². The van der Waals surface area contributed by atoms with Gasteiger partial charge in [0, 0.05) is 31.9 Å². The molecule has 0 aromatic carbocycles. The smallest absolute Gasteiger partial charge is 0.315 e. The topological polar surface area (TPSA) is 91.3 Å². The summed E-state index contributed by atoms with van der Waals surface area (Å²) in [7, 11) is 0. The lowest BCUT2D eigenvalue weighted by molar-refractivity contribution is -0.137. The number of aryl methyl sites for hydroxylation is 1. The highest BCUT2D eigenvalue weighted by Gasteiger charge is 2.02. The van der Waals surface area contributed by atoms with Gasteiger partial charge in [0.15, 0.2) is 0 Å². The molecule has 0 radical (unpaired) electrons. The summed E-state index contributed by atoms with van der Waals surface area (Å²) in [6.45, 7) is 2.71. The molecule has 1 aromatic rings. The molecule has 3 N–H and O–H groups in total. The molecule has 0 atom stereocenters. The molecule has 0 aliphatic carbocycles. The number of carboxylic acids is 1.